The third-order valence-electron chi connectivity index (χ3n) is 1.84. The van der Waals surface area contributed by atoms with Crippen molar-refractivity contribution in [2.24, 2.45) is 5.73 Å². The Hall–Kier alpha value is -1.17. The highest BCUT2D eigenvalue weighted by atomic mass is 79.9. The molecule has 1 amide bonds. The molecule has 0 aliphatic heterocycles. The fourth-order valence-electron chi connectivity index (χ4n) is 1.11. The number of nitrogens with two attached hydrogens (primary N) is 1. The molecule has 3 nitrogen and oxygen atoms in total. The van der Waals surface area contributed by atoms with Crippen molar-refractivity contribution in [2.45, 2.75) is 6.42 Å². The molecular formula is C10H10BrF2NO2. The molecule has 0 aromatic heterocycles. The molecular weight excluding hydrogens is 284 g/mol. The van der Waals surface area contributed by atoms with Crippen molar-refractivity contribution in [3.05, 3.63) is 29.3 Å². The van der Waals surface area contributed by atoms with E-state index < -0.39 is 23.1 Å². The Balaban J connectivity index is 2.95. The minimum Gasteiger partial charge on any atom is -0.490 e. The first-order chi connectivity index (χ1) is 7.57. The summed E-state index contributed by atoms with van der Waals surface area (Å²) in [5.74, 6) is -3.36. The average Bonchev–Trinajstić information content (AvgIpc) is 2.21. The molecule has 1 aromatic carbocycles. The number of rotatable bonds is 5. The van der Waals surface area contributed by atoms with Crippen LogP contribution in [0.25, 0.3) is 0 Å². The number of alkyl halides is 1. The van der Waals surface area contributed by atoms with Gasteiger partial charge in [-0.05, 0) is 18.6 Å². The van der Waals surface area contributed by atoms with Crippen LogP contribution in [0.5, 0.6) is 5.75 Å². The maximum atomic E-state index is 13.5. The second-order valence-corrected chi connectivity index (χ2v) is 3.78. The van der Waals surface area contributed by atoms with E-state index in [-0.39, 0.29) is 12.4 Å². The van der Waals surface area contributed by atoms with Crippen LogP contribution < -0.4 is 10.5 Å². The molecule has 0 saturated heterocycles. The van der Waals surface area contributed by atoms with Crippen molar-refractivity contribution < 1.29 is 18.3 Å². The van der Waals surface area contributed by atoms with Crippen LogP contribution in [0.15, 0.2) is 12.1 Å². The number of amides is 1. The Labute approximate surface area is 99.7 Å². The zero-order valence-electron chi connectivity index (χ0n) is 8.30. The van der Waals surface area contributed by atoms with Gasteiger partial charge in [0.15, 0.2) is 11.6 Å². The van der Waals surface area contributed by atoms with Gasteiger partial charge in [-0.3, -0.25) is 4.79 Å². The summed E-state index contributed by atoms with van der Waals surface area (Å²) in [6, 6.07) is 2.08. The van der Waals surface area contributed by atoms with Gasteiger partial charge in [-0.1, -0.05) is 15.9 Å². The standard InChI is InChI=1S/C10H10BrF2NO2/c11-4-1-5-16-7-3-2-6(12)8(9(7)13)10(14)15/h2-3H,1,4-5H2,(H2,14,15). The van der Waals surface area contributed by atoms with Gasteiger partial charge in [0.05, 0.1) is 6.61 Å². The second-order valence-electron chi connectivity index (χ2n) is 2.99. The molecule has 16 heavy (non-hydrogen) atoms. The van der Waals surface area contributed by atoms with Crippen LogP contribution in [0.2, 0.25) is 0 Å². The van der Waals surface area contributed by atoms with Crippen molar-refractivity contribution in [3.63, 3.8) is 0 Å². The highest BCUT2D eigenvalue weighted by Gasteiger charge is 2.18. The number of primary amides is 1. The highest BCUT2D eigenvalue weighted by Crippen LogP contribution is 2.23. The Bertz CT molecular complexity index is 399. The third kappa shape index (κ3) is 2.91. The van der Waals surface area contributed by atoms with Gasteiger partial charge < -0.3 is 10.5 Å². The van der Waals surface area contributed by atoms with Gasteiger partial charge in [-0.25, -0.2) is 8.78 Å². The Kier molecular flexibility index (Phi) is 4.67. The lowest BCUT2D eigenvalue weighted by molar-refractivity contribution is 0.0991. The monoisotopic (exact) mass is 293 g/mol. The molecule has 0 bridgehead atoms. The van der Waals surface area contributed by atoms with Crippen LogP contribution in [0, 0.1) is 11.6 Å². The summed E-state index contributed by atoms with van der Waals surface area (Å²) in [5.41, 5.74) is 4.09. The maximum Gasteiger partial charge on any atom is 0.254 e. The van der Waals surface area contributed by atoms with E-state index in [2.05, 4.69) is 15.9 Å². The topological polar surface area (TPSA) is 52.3 Å². The van der Waals surface area contributed by atoms with E-state index in [0.717, 1.165) is 12.1 Å². The second kappa shape index (κ2) is 5.79. The molecule has 0 atom stereocenters. The lowest BCUT2D eigenvalue weighted by Gasteiger charge is -2.08. The SMILES string of the molecule is NC(=O)c1c(F)ccc(OCCCBr)c1F. The first-order valence-electron chi connectivity index (χ1n) is 4.54. The van der Waals surface area contributed by atoms with Crippen LogP contribution in [0.3, 0.4) is 0 Å². The van der Waals surface area contributed by atoms with Gasteiger partial charge in [0.1, 0.15) is 11.4 Å². The van der Waals surface area contributed by atoms with Crippen molar-refractivity contribution in [3.8, 4) is 5.75 Å². The first kappa shape index (κ1) is 12.9. The Morgan fingerprint density at radius 3 is 2.69 bits per heavy atom. The Morgan fingerprint density at radius 1 is 1.44 bits per heavy atom. The zero-order valence-corrected chi connectivity index (χ0v) is 9.89. The van der Waals surface area contributed by atoms with E-state index in [1.54, 1.807) is 0 Å². The van der Waals surface area contributed by atoms with E-state index in [0.29, 0.717) is 11.8 Å². The third-order valence-corrected chi connectivity index (χ3v) is 2.40. The average molecular weight is 294 g/mol. The summed E-state index contributed by atoms with van der Waals surface area (Å²) in [5, 5.41) is 0.707. The molecule has 2 N–H and O–H groups in total. The van der Waals surface area contributed by atoms with E-state index in [1.807, 2.05) is 0 Å². The fraction of sp³-hybridized carbons (Fsp3) is 0.300. The van der Waals surface area contributed by atoms with Gasteiger partial charge in [0, 0.05) is 5.33 Å². The van der Waals surface area contributed by atoms with Crippen molar-refractivity contribution in [2.75, 3.05) is 11.9 Å². The van der Waals surface area contributed by atoms with Crippen LogP contribution in [0.1, 0.15) is 16.8 Å². The minimum absolute atomic E-state index is 0.170. The molecule has 6 heteroatoms. The number of hydrogen-bond acceptors (Lipinski definition) is 2. The lowest BCUT2D eigenvalue weighted by Crippen LogP contribution is -2.16. The maximum absolute atomic E-state index is 13.5. The quantitative estimate of drug-likeness (QED) is 0.669. The van der Waals surface area contributed by atoms with E-state index >= 15 is 0 Å². The van der Waals surface area contributed by atoms with E-state index in [1.165, 1.54) is 0 Å². The van der Waals surface area contributed by atoms with E-state index in [9.17, 15) is 13.6 Å². The molecule has 0 spiro atoms. The van der Waals surface area contributed by atoms with Gasteiger partial charge in [0.25, 0.3) is 5.91 Å². The van der Waals surface area contributed by atoms with Crippen LogP contribution in [-0.4, -0.2) is 17.8 Å². The van der Waals surface area contributed by atoms with Crippen molar-refractivity contribution in [1.29, 1.82) is 0 Å². The summed E-state index contributed by atoms with van der Waals surface area (Å²) >= 11 is 3.18. The molecule has 0 heterocycles. The number of ether oxygens (including phenoxy) is 1. The van der Waals surface area contributed by atoms with E-state index in [4.69, 9.17) is 10.5 Å². The summed E-state index contributed by atoms with van der Waals surface area (Å²) in [6.45, 7) is 0.270. The lowest BCUT2D eigenvalue weighted by atomic mass is 10.1. The molecule has 0 saturated carbocycles. The fourth-order valence-corrected chi connectivity index (χ4v) is 1.34. The van der Waals surface area contributed by atoms with Crippen molar-refractivity contribution in [1.82, 2.24) is 0 Å². The van der Waals surface area contributed by atoms with Gasteiger partial charge >= 0.3 is 0 Å². The molecule has 0 unspecified atom stereocenters. The summed E-state index contributed by atoms with van der Waals surface area (Å²) in [4.78, 5) is 10.8. The number of carbonyl (C=O) groups excluding carboxylic acids is 1. The summed E-state index contributed by atoms with van der Waals surface area (Å²) in [6.07, 6.45) is 0.669. The number of carbonyl (C=O) groups is 1. The molecule has 1 aromatic rings. The molecule has 0 radical (unpaired) electrons. The Morgan fingerprint density at radius 2 is 2.12 bits per heavy atom. The molecule has 0 fully saturated rings. The normalized spacial score (nSPS) is 10.2. The highest BCUT2D eigenvalue weighted by molar-refractivity contribution is 9.09. The van der Waals surface area contributed by atoms with Crippen LogP contribution in [-0.2, 0) is 0 Å². The predicted molar refractivity (Wildman–Crippen MR) is 58.8 cm³/mol. The van der Waals surface area contributed by atoms with Crippen LogP contribution >= 0.6 is 15.9 Å². The van der Waals surface area contributed by atoms with Crippen LogP contribution in [0.4, 0.5) is 8.78 Å². The smallest absolute Gasteiger partial charge is 0.254 e. The molecule has 0 aliphatic rings. The molecule has 88 valence electrons. The number of benzene rings is 1. The summed E-state index contributed by atoms with van der Waals surface area (Å²) in [7, 11) is 0. The van der Waals surface area contributed by atoms with Gasteiger partial charge in [-0.2, -0.15) is 0 Å². The number of halogens is 3. The zero-order chi connectivity index (χ0) is 12.1. The first-order valence-corrected chi connectivity index (χ1v) is 5.66. The van der Waals surface area contributed by atoms with Gasteiger partial charge in [-0.15, -0.1) is 0 Å². The van der Waals surface area contributed by atoms with Gasteiger partial charge in [0.2, 0.25) is 0 Å². The largest absolute Gasteiger partial charge is 0.490 e. The number of hydrogen-bond donors (Lipinski definition) is 1. The predicted octanol–water partition coefficient (Wildman–Crippen LogP) is 2.23. The minimum atomic E-state index is -1.15. The summed E-state index contributed by atoms with van der Waals surface area (Å²) < 4.78 is 31.6. The van der Waals surface area contributed by atoms with Crippen molar-refractivity contribution >= 4 is 21.8 Å². The molecule has 0 aliphatic carbocycles. The molecule has 1 rings (SSSR count).